The molecule has 0 fully saturated rings. The molecule has 0 aliphatic rings. The smallest absolute Gasteiger partial charge is 0.252 e. The maximum Gasteiger partial charge on any atom is 0.252 e. The Hall–Kier alpha value is -2.74. The average molecular weight is 286 g/mol. The number of hydrogen-bond acceptors (Lipinski definition) is 3. The van der Waals surface area contributed by atoms with Gasteiger partial charge in [-0.1, -0.05) is 30.0 Å². The van der Waals surface area contributed by atoms with Crippen molar-refractivity contribution < 1.29 is 14.3 Å². The quantitative estimate of drug-likeness (QED) is 0.584. The summed E-state index contributed by atoms with van der Waals surface area (Å²) in [6, 6.07) is 6.69. The first-order chi connectivity index (χ1) is 10.1. The van der Waals surface area contributed by atoms with Crippen molar-refractivity contribution >= 4 is 11.8 Å². The third kappa shape index (κ3) is 6.30. The largest absolute Gasteiger partial charge is 0.480 e. The van der Waals surface area contributed by atoms with Crippen LogP contribution < -0.4 is 15.8 Å². The van der Waals surface area contributed by atoms with Crippen LogP contribution in [0.1, 0.15) is 23.2 Å². The van der Waals surface area contributed by atoms with Crippen LogP contribution in [-0.4, -0.2) is 25.0 Å². The van der Waals surface area contributed by atoms with Crippen molar-refractivity contribution in [3.05, 3.63) is 42.5 Å². The molecule has 0 aromatic heterocycles. The van der Waals surface area contributed by atoms with Crippen LogP contribution in [0.15, 0.2) is 36.9 Å². The summed E-state index contributed by atoms with van der Waals surface area (Å²) < 4.78 is 5.37. The molecule has 1 rings (SSSR count). The van der Waals surface area contributed by atoms with Gasteiger partial charge in [0.15, 0.2) is 0 Å². The fourth-order valence-electron chi connectivity index (χ4n) is 1.49. The third-order valence-electron chi connectivity index (χ3n) is 2.53. The fraction of sp³-hybridized carbons (Fsp3) is 0.250. The van der Waals surface area contributed by atoms with Gasteiger partial charge in [-0.25, -0.2) is 0 Å². The zero-order chi connectivity index (χ0) is 15.5. The summed E-state index contributed by atoms with van der Waals surface area (Å²) in [5.41, 5.74) is 5.55. The highest BCUT2D eigenvalue weighted by atomic mass is 16.5. The van der Waals surface area contributed by atoms with Gasteiger partial charge in [-0.3, -0.25) is 9.59 Å². The van der Waals surface area contributed by atoms with Gasteiger partial charge in [0.05, 0.1) is 12.1 Å². The number of benzene rings is 1. The van der Waals surface area contributed by atoms with Gasteiger partial charge in [0.2, 0.25) is 5.91 Å². The molecule has 0 saturated heterocycles. The average Bonchev–Trinajstić information content (AvgIpc) is 2.48. The maximum absolute atomic E-state index is 11.3. The van der Waals surface area contributed by atoms with E-state index < -0.39 is 5.91 Å². The van der Waals surface area contributed by atoms with Crippen LogP contribution in [-0.2, 0) is 4.79 Å². The number of carbonyl (C=O) groups is 2. The number of carbonyl (C=O) groups excluding carboxylic acids is 2. The van der Waals surface area contributed by atoms with Crippen LogP contribution in [0.5, 0.6) is 5.75 Å². The zero-order valence-electron chi connectivity index (χ0n) is 11.7. The minimum absolute atomic E-state index is 0.0656. The summed E-state index contributed by atoms with van der Waals surface area (Å²) in [7, 11) is 0. The van der Waals surface area contributed by atoms with E-state index in [0.717, 1.165) is 0 Å². The fourth-order valence-corrected chi connectivity index (χ4v) is 1.49. The van der Waals surface area contributed by atoms with Crippen molar-refractivity contribution in [3.8, 4) is 17.6 Å². The molecule has 0 unspecified atom stereocenters. The summed E-state index contributed by atoms with van der Waals surface area (Å²) >= 11 is 0. The summed E-state index contributed by atoms with van der Waals surface area (Å²) in [5.74, 6) is 5.30. The summed E-state index contributed by atoms with van der Waals surface area (Å²) in [4.78, 5) is 22.4. The van der Waals surface area contributed by atoms with Crippen molar-refractivity contribution in [1.29, 1.82) is 0 Å². The molecule has 0 atom stereocenters. The van der Waals surface area contributed by atoms with Crippen LogP contribution in [0.25, 0.3) is 0 Å². The molecule has 1 aromatic rings. The monoisotopic (exact) mass is 286 g/mol. The van der Waals surface area contributed by atoms with Gasteiger partial charge >= 0.3 is 0 Å². The highest BCUT2D eigenvalue weighted by Crippen LogP contribution is 2.16. The topological polar surface area (TPSA) is 81.4 Å². The number of allylic oxidation sites excluding steroid dienone is 1. The number of nitrogens with one attached hydrogen (secondary N) is 1. The van der Waals surface area contributed by atoms with E-state index in [-0.39, 0.29) is 19.1 Å². The van der Waals surface area contributed by atoms with Crippen molar-refractivity contribution in [1.82, 2.24) is 5.32 Å². The van der Waals surface area contributed by atoms with Crippen LogP contribution in [0.3, 0.4) is 0 Å². The van der Waals surface area contributed by atoms with Crippen molar-refractivity contribution in [3.63, 3.8) is 0 Å². The van der Waals surface area contributed by atoms with E-state index in [1.807, 2.05) is 0 Å². The van der Waals surface area contributed by atoms with Gasteiger partial charge in [0, 0.05) is 6.42 Å². The normalized spacial score (nSPS) is 9.14. The van der Waals surface area contributed by atoms with E-state index in [4.69, 9.17) is 10.5 Å². The molecule has 3 N–H and O–H groups in total. The second-order valence-electron chi connectivity index (χ2n) is 4.11. The molecule has 0 heterocycles. The number of primary amides is 1. The van der Waals surface area contributed by atoms with Crippen LogP contribution in [0, 0.1) is 11.8 Å². The summed E-state index contributed by atoms with van der Waals surface area (Å²) in [5, 5.41) is 2.66. The molecule has 0 spiro atoms. The van der Waals surface area contributed by atoms with E-state index >= 15 is 0 Å². The van der Waals surface area contributed by atoms with Gasteiger partial charge in [-0.2, -0.15) is 0 Å². The van der Waals surface area contributed by atoms with Gasteiger partial charge in [0.1, 0.15) is 12.4 Å². The third-order valence-corrected chi connectivity index (χ3v) is 2.53. The first kappa shape index (κ1) is 16.3. The highest BCUT2D eigenvalue weighted by Gasteiger charge is 2.06. The molecule has 0 bridgehead atoms. The number of nitrogens with two attached hydrogens (primary N) is 1. The lowest BCUT2D eigenvalue weighted by Gasteiger charge is -2.05. The first-order valence-electron chi connectivity index (χ1n) is 6.50. The molecule has 0 saturated carbocycles. The molecular formula is C16H18N2O3. The van der Waals surface area contributed by atoms with E-state index in [9.17, 15) is 9.59 Å². The molecule has 21 heavy (non-hydrogen) atoms. The summed E-state index contributed by atoms with van der Waals surface area (Å²) in [6.07, 6.45) is 2.75. The van der Waals surface area contributed by atoms with Crippen molar-refractivity contribution in [2.75, 3.05) is 13.2 Å². The Labute approximate surface area is 124 Å². The minimum Gasteiger partial charge on any atom is -0.480 e. The molecule has 1 aromatic carbocycles. The lowest BCUT2D eigenvalue weighted by atomic mass is 10.2. The second kappa shape index (κ2) is 9.21. The number of ether oxygens (including phenoxy) is 1. The maximum atomic E-state index is 11.3. The van der Waals surface area contributed by atoms with E-state index in [1.165, 1.54) is 0 Å². The predicted molar refractivity (Wildman–Crippen MR) is 80.7 cm³/mol. The Balaban J connectivity index is 2.35. The number of amides is 2. The Kier molecular flexibility index (Phi) is 7.15. The van der Waals surface area contributed by atoms with Gasteiger partial charge in [-0.05, 0) is 18.6 Å². The van der Waals surface area contributed by atoms with Crippen LogP contribution >= 0.6 is 0 Å². The molecular weight excluding hydrogens is 268 g/mol. The standard InChI is InChI=1S/C16H18N2O3/c1-2-3-10-15(19)18-11-6-7-12-21-14-9-5-4-8-13(14)16(17)20/h2,4-5,8-9H,1,3,10-12H2,(H2,17,20)(H,18,19). The highest BCUT2D eigenvalue weighted by molar-refractivity contribution is 5.95. The van der Waals surface area contributed by atoms with E-state index in [1.54, 1.807) is 30.3 Å². The Morgan fingerprint density at radius 2 is 2.10 bits per heavy atom. The molecule has 2 amide bonds. The first-order valence-corrected chi connectivity index (χ1v) is 6.50. The second-order valence-corrected chi connectivity index (χ2v) is 4.11. The lowest BCUT2D eigenvalue weighted by molar-refractivity contribution is -0.120. The molecule has 0 aliphatic carbocycles. The van der Waals surface area contributed by atoms with E-state index in [2.05, 4.69) is 23.7 Å². The number of rotatable bonds is 7. The number of hydrogen-bond donors (Lipinski definition) is 2. The molecule has 0 radical (unpaired) electrons. The molecule has 0 aliphatic heterocycles. The minimum atomic E-state index is -0.548. The van der Waals surface area contributed by atoms with Gasteiger partial charge in [-0.15, -0.1) is 6.58 Å². The zero-order valence-corrected chi connectivity index (χ0v) is 11.7. The van der Waals surface area contributed by atoms with Crippen molar-refractivity contribution in [2.24, 2.45) is 5.73 Å². The van der Waals surface area contributed by atoms with Crippen LogP contribution in [0.2, 0.25) is 0 Å². The molecule has 110 valence electrons. The number of para-hydroxylation sites is 1. The molecule has 5 heteroatoms. The SMILES string of the molecule is C=CCCC(=O)NCC#CCOc1ccccc1C(N)=O. The Morgan fingerprint density at radius 3 is 2.81 bits per heavy atom. The predicted octanol–water partition coefficient (Wildman–Crippen LogP) is 1.25. The summed E-state index contributed by atoms with van der Waals surface area (Å²) in [6.45, 7) is 3.92. The Bertz CT molecular complexity index is 570. The van der Waals surface area contributed by atoms with Crippen molar-refractivity contribution in [2.45, 2.75) is 12.8 Å². The van der Waals surface area contributed by atoms with Crippen LogP contribution in [0.4, 0.5) is 0 Å². The van der Waals surface area contributed by atoms with Gasteiger partial charge in [0.25, 0.3) is 5.91 Å². The van der Waals surface area contributed by atoms with Gasteiger partial charge < -0.3 is 15.8 Å². The Morgan fingerprint density at radius 1 is 1.33 bits per heavy atom. The molecule has 5 nitrogen and oxygen atoms in total. The lowest BCUT2D eigenvalue weighted by Crippen LogP contribution is -2.23. The van der Waals surface area contributed by atoms with E-state index in [0.29, 0.717) is 24.2 Å².